The highest BCUT2D eigenvalue weighted by atomic mass is 79.9. The van der Waals surface area contributed by atoms with E-state index in [1.165, 1.54) is 11.1 Å². The normalized spacial score (nSPS) is 27.2. The smallest absolute Gasteiger partial charge is 0.307 e. The van der Waals surface area contributed by atoms with Gasteiger partial charge in [0.1, 0.15) is 0 Å². The number of carboxylic acid groups (broad SMARTS) is 1. The first-order valence-electron chi connectivity index (χ1n) is 4.48. The van der Waals surface area contributed by atoms with E-state index < -0.39 is 5.97 Å². The van der Waals surface area contributed by atoms with E-state index in [9.17, 15) is 4.79 Å². The molecule has 0 aliphatic heterocycles. The van der Waals surface area contributed by atoms with Crippen LogP contribution < -0.4 is 0 Å². The first-order chi connectivity index (χ1) is 6.18. The Morgan fingerprint density at radius 3 is 2.92 bits per heavy atom. The summed E-state index contributed by atoms with van der Waals surface area (Å²) in [4.78, 5) is 10.8. The van der Waals surface area contributed by atoms with Crippen molar-refractivity contribution in [2.24, 2.45) is 5.92 Å². The number of allylic oxidation sites excluding steroid dienone is 4. The van der Waals surface area contributed by atoms with Crippen molar-refractivity contribution in [2.45, 2.75) is 25.7 Å². The molecule has 2 nitrogen and oxygen atoms in total. The fourth-order valence-electron chi connectivity index (χ4n) is 2.07. The van der Waals surface area contributed by atoms with Crippen LogP contribution in [-0.4, -0.2) is 11.1 Å². The molecule has 0 fully saturated rings. The summed E-state index contributed by atoms with van der Waals surface area (Å²) < 4.78 is 1.12. The second kappa shape index (κ2) is 3.29. The topological polar surface area (TPSA) is 37.3 Å². The Balaban J connectivity index is 2.19. The molecule has 0 amide bonds. The van der Waals surface area contributed by atoms with E-state index in [2.05, 4.69) is 22.0 Å². The zero-order valence-corrected chi connectivity index (χ0v) is 8.80. The highest BCUT2D eigenvalue weighted by molar-refractivity contribution is 9.12. The third-order valence-electron chi connectivity index (χ3n) is 2.78. The Morgan fingerprint density at radius 1 is 1.54 bits per heavy atom. The molecule has 0 spiro atoms. The summed E-state index contributed by atoms with van der Waals surface area (Å²) in [5.74, 6) is -0.834. The summed E-state index contributed by atoms with van der Waals surface area (Å²) in [6.07, 6.45) is 5.71. The number of rotatable bonds is 1. The summed E-state index contributed by atoms with van der Waals surface area (Å²) in [5.41, 5.74) is 2.60. The SMILES string of the molecule is O=C(O)C1CC2=C(C1)C(Br)=CCC2. The molecule has 0 aromatic carbocycles. The summed E-state index contributed by atoms with van der Waals surface area (Å²) in [7, 11) is 0. The van der Waals surface area contributed by atoms with Crippen LogP contribution in [0, 0.1) is 5.92 Å². The van der Waals surface area contributed by atoms with Gasteiger partial charge in [-0.1, -0.05) is 27.6 Å². The molecule has 1 N–H and O–H groups in total. The molecule has 1 atom stereocenters. The number of aliphatic carboxylic acids is 1. The molecule has 0 bridgehead atoms. The maximum atomic E-state index is 10.8. The van der Waals surface area contributed by atoms with Gasteiger partial charge in [0.05, 0.1) is 5.92 Å². The van der Waals surface area contributed by atoms with Gasteiger partial charge in [0.25, 0.3) is 0 Å². The number of carbonyl (C=O) groups is 1. The van der Waals surface area contributed by atoms with Gasteiger partial charge >= 0.3 is 5.97 Å². The van der Waals surface area contributed by atoms with Crippen LogP contribution in [0.15, 0.2) is 21.7 Å². The minimum Gasteiger partial charge on any atom is -0.481 e. The van der Waals surface area contributed by atoms with Crippen molar-refractivity contribution in [3.8, 4) is 0 Å². The lowest BCUT2D eigenvalue weighted by Gasteiger charge is -2.10. The van der Waals surface area contributed by atoms with Gasteiger partial charge in [-0.25, -0.2) is 0 Å². The molecule has 2 aliphatic carbocycles. The fourth-order valence-corrected chi connectivity index (χ4v) is 2.74. The molecule has 0 saturated carbocycles. The molecule has 0 aromatic heterocycles. The molecule has 0 radical (unpaired) electrons. The Labute approximate surface area is 85.5 Å². The minimum absolute atomic E-state index is 0.177. The van der Waals surface area contributed by atoms with E-state index in [0.29, 0.717) is 6.42 Å². The van der Waals surface area contributed by atoms with Gasteiger partial charge in [0, 0.05) is 4.48 Å². The zero-order chi connectivity index (χ0) is 9.42. The van der Waals surface area contributed by atoms with Gasteiger partial charge in [-0.2, -0.15) is 0 Å². The lowest BCUT2D eigenvalue weighted by atomic mass is 10.0. The third kappa shape index (κ3) is 1.57. The van der Waals surface area contributed by atoms with Gasteiger partial charge in [-0.3, -0.25) is 4.79 Å². The van der Waals surface area contributed by atoms with Crippen molar-refractivity contribution in [2.75, 3.05) is 0 Å². The van der Waals surface area contributed by atoms with E-state index in [0.717, 1.165) is 23.7 Å². The second-order valence-corrected chi connectivity index (χ2v) is 4.47. The maximum absolute atomic E-state index is 10.8. The molecule has 0 aromatic rings. The quantitative estimate of drug-likeness (QED) is 0.768. The fraction of sp³-hybridized carbons (Fsp3) is 0.500. The van der Waals surface area contributed by atoms with Gasteiger partial charge in [-0.15, -0.1) is 0 Å². The number of hydrogen-bond acceptors (Lipinski definition) is 1. The van der Waals surface area contributed by atoms with Gasteiger partial charge in [0.2, 0.25) is 0 Å². The lowest BCUT2D eigenvalue weighted by molar-refractivity contribution is -0.141. The Bertz CT molecular complexity index is 315. The highest BCUT2D eigenvalue weighted by Crippen LogP contribution is 2.42. The molecule has 0 saturated heterocycles. The zero-order valence-electron chi connectivity index (χ0n) is 7.22. The van der Waals surface area contributed by atoms with Crippen molar-refractivity contribution < 1.29 is 9.90 Å². The van der Waals surface area contributed by atoms with Gasteiger partial charge < -0.3 is 5.11 Å². The average Bonchev–Trinajstić information content (AvgIpc) is 2.49. The molecule has 1 unspecified atom stereocenters. The molecule has 0 heterocycles. The highest BCUT2D eigenvalue weighted by Gasteiger charge is 2.31. The predicted molar refractivity (Wildman–Crippen MR) is 53.6 cm³/mol. The van der Waals surface area contributed by atoms with Crippen molar-refractivity contribution in [3.63, 3.8) is 0 Å². The predicted octanol–water partition coefficient (Wildman–Crippen LogP) is 2.85. The lowest BCUT2D eigenvalue weighted by Crippen LogP contribution is -2.09. The van der Waals surface area contributed by atoms with Crippen LogP contribution in [0.3, 0.4) is 0 Å². The number of carboxylic acids is 1. The van der Waals surface area contributed by atoms with E-state index in [1.54, 1.807) is 0 Å². The number of hydrogen-bond donors (Lipinski definition) is 1. The molecule has 2 aliphatic rings. The van der Waals surface area contributed by atoms with Gasteiger partial charge in [0.15, 0.2) is 0 Å². The molecule has 13 heavy (non-hydrogen) atoms. The molecular formula is C10H11BrO2. The Kier molecular flexibility index (Phi) is 2.28. The summed E-state index contributed by atoms with van der Waals surface area (Å²) in [6, 6.07) is 0. The van der Waals surface area contributed by atoms with Crippen LogP contribution >= 0.6 is 15.9 Å². The Morgan fingerprint density at radius 2 is 2.31 bits per heavy atom. The Hall–Kier alpha value is -0.570. The van der Waals surface area contributed by atoms with Crippen molar-refractivity contribution in [1.82, 2.24) is 0 Å². The van der Waals surface area contributed by atoms with Crippen LogP contribution in [0.4, 0.5) is 0 Å². The standard InChI is InChI=1S/C10H11BrO2/c11-9-3-1-2-6-4-7(10(12)13)5-8(6)9/h3,7H,1-2,4-5H2,(H,12,13). The first kappa shape index (κ1) is 9.00. The van der Waals surface area contributed by atoms with Crippen LogP contribution in [-0.2, 0) is 4.79 Å². The number of halogens is 1. The minimum atomic E-state index is -0.658. The van der Waals surface area contributed by atoms with Crippen molar-refractivity contribution >= 4 is 21.9 Å². The largest absolute Gasteiger partial charge is 0.481 e. The van der Waals surface area contributed by atoms with E-state index in [1.807, 2.05) is 0 Å². The van der Waals surface area contributed by atoms with Crippen LogP contribution in [0.5, 0.6) is 0 Å². The van der Waals surface area contributed by atoms with Gasteiger partial charge in [-0.05, 0) is 31.3 Å². The van der Waals surface area contributed by atoms with Crippen LogP contribution in [0.2, 0.25) is 0 Å². The second-order valence-electron chi connectivity index (χ2n) is 3.62. The summed E-state index contributed by atoms with van der Waals surface area (Å²) >= 11 is 3.48. The first-order valence-corrected chi connectivity index (χ1v) is 5.27. The average molecular weight is 243 g/mol. The maximum Gasteiger partial charge on any atom is 0.307 e. The summed E-state index contributed by atoms with van der Waals surface area (Å²) in [5, 5.41) is 8.89. The molecule has 70 valence electrons. The van der Waals surface area contributed by atoms with Crippen LogP contribution in [0.1, 0.15) is 25.7 Å². The third-order valence-corrected chi connectivity index (χ3v) is 3.58. The van der Waals surface area contributed by atoms with Crippen LogP contribution in [0.25, 0.3) is 0 Å². The molecule has 3 heteroatoms. The van der Waals surface area contributed by atoms with Crippen molar-refractivity contribution in [1.29, 1.82) is 0 Å². The summed E-state index contributed by atoms with van der Waals surface area (Å²) in [6.45, 7) is 0. The molecule has 2 rings (SSSR count). The van der Waals surface area contributed by atoms with E-state index >= 15 is 0 Å². The monoisotopic (exact) mass is 242 g/mol. The van der Waals surface area contributed by atoms with E-state index in [-0.39, 0.29) is 5.92 Å². The van der Waals surface area contributed by atoms with Crippen molar-refractivity contribution in [3.05, 3.63) is 21.7 Å². The molecular weight excluding hydrogens is 232 g/mol. The van der Waals surface area contributed by atoms with E-state index in [4.69, 9.17) is 5.11 Å².